The van der Waals surface area contributed by atoms with Gasteiger partial charge in [-0.1, -0.05) is 0 Å². The molecule has 2 amide bonds. The quantitative estimate of drug-likeness (QED) is 0.644. The van der Waals surface area contributed by atoms with Crippen LogP contribution in [0.1, 0.15) is 56.0 Å². The molecule has 0 saturated heterocycles. The lowest BCUT2D eigenvalue weighted by molar-refractivity contribution is -0.137. The molecule has 0 aliphatic heterocycles. The van der Waals surface area contributed by atoms with Crippen LogP contribution in [-0.2, 0) is 10.9 Å². The van der Waals surface area contributed by atoms with Crippen molar-refractivity contribution in [3.05, 3.63) is 23.3 Å². The molecule has 0 radical (unpaired) electrons. The molecule has 0 spiro atoms. The van der Waals surface area contributed by atoms with Gasteiger partial charge in [0.2, 0.25) is 0 Å². The summed E-state index contributed by atoms with van der Waals surface area (Å²) in [5, 5.41) is 5.60. The molecule has 1 saturated carbocycles. The maximum atomic E-state index is 13.2. The summed E-state index contributed by atoms with van der Waals surface area (Å²) in [6.07, 6.45) is -1.47. The number of nitrogens with one attached hydrogen (secondary N) is 2. The highest BCUT2D eigenvalue weighted by Gasteiger charge is 2.35. The Balaban J connectivity index is 2.21. The van der Waals surface area contributed by atoms with Gasteiger partial charge in [-0.25, -0.2) is 4.79 Å². The molecular formula is C20H27F3N2O4S. The van der Waals surface area contributed by atoms with Gasteiger partial charge in [0.1, 0.15) is 11.4 Å². The maximum absolute atomic E-state index is 13.2. The van der Waals surface area contributed by atoms with Crippen LogP contribution in [0.3, 0.4) is 0 Å². The molecule has 2 N–H and O–H groups in total. The number of rotatable bonds is 5. The number of hydrogen-bond acceptors (Lipinski definition) is 5. The highest BCUT2D eigenvalue weighted by atomic mass is 32.2. The first-order chi connectivity index (χ1) is 13.9. The lowest BCUT2D eigenvalue weighted by Gasteiger charge is -2.26. The number of hydrogen-bond donors (Lipinski definition) is 2. The monoisotopic (exact) mass is 448 g/mol. The first-order valence-electron chi connectivity index (χ1n) is 9.49. The van der Waals surface area contributed by atoms with Crippen molar-refractivity contribution >= 4 is 23.8 Å². The van der Waals surface area contributed by atoms with Crippen molar-refractivity contribution in [1.29, 1.82) is 0 Å². The third-order valence-corrected chi connectivity index (χ3v) is 5.36. The predicted molar refractivity (Wildman–Crippen MR) is 108 cm³/mol. The van der Waals surface area contributed by atoms with Crippen molar-refractivity contribution in [1.82, 2.24) is 10.6 Å². The van der Waals surface area contributed by atoms with Gasteiger partial charge in [0.25, 0.3) is 5.91 Å². The van der Waals surface area contributed by atoms with Crippen LogP contribution in [0, 0.1) is 0 Å². The third-order valence-electron chi connectivity index (χ3n) is 4.59. The topological polar surface area (TPSA) is 76.7 Å². The molecule has 10 heteroatoms. The Morgan fingerprint density at radius 2 is 1.70 bits per heavy atom. The largest absolute Gasteiger partial charge is 0.496 e. The van der Waals surface area contributed by atoms with Crippen molar-refractivity contribution < 1.29 is 32.2 Å². The number of amides is 2. The van der Waals surface area contributed by atoms with Crippen LogP contribution in [0.15, 0.2) is 17.0 Å². The van der Waals surface area contributed by atoms with Crippen LogP contribution in [0.25, 0.3) is 0 Å². The normalized spacial score (nSPS) is 19.3. The molecule has 168 valence electrons. The maximum Gasteiger partial charge on any atom is 0.416 e. The molecule has 0 heterocycles. The van der Waals surface area contributed by atoms with Crippen LogP contribution in [0.2, 0.25) is 0 Å². The van der Waals surface area contributed by atoms with Crippen LogP contribution < -0.4 is 15.4 Å². The number of alkyl carbamates (subject to hydrolysis) is 1. The Hall–Kier alpha value is -2.10. The Morgan fingerprint density at radius 1 is 1.10 bits per heavy atom. The van der Waals surface area contributed by atoms with Gasteiger partial charge in [0.15, 0.2) is 0 Å². The fraction of sp³-hybridized carbons (Fsp3) is 0.600. The first-order valence-corrected chi connectivity index (χ1v) is 10.7. The summed E-state index contributed by atoms with van der Waals surface area (Å²) in [6, 6.07) is 1.06. The number of benzene rings is 1. The van der Waals surface area contributed by atoms with Gasteiger partial charge in [-0.15, -0.1) is 11.8 Å². The second-order valence-corrected chi connectivity index (χ2v) is 8.87. The van der Waals surface area contributed by atoms with Crippen molar-refractivity contribution in [3.63, 3.8) is 0 Å². The highest BCUT2D eigenvalue weighted by molar-refractivity contribution is 7.98. The van der Waals surface area contributed by atoms with Crippen LogP contribution >= 0.6 is 11.8 Å². The third kappa shape index (κ3) is 6.20. The molecule has 0 bridgehead atoms. The molecule has 0 aromatic heterocycles. The summed E-state index contributed by atoms with van der Waals surface area (Å²) in [4.78, 5) is 25.2. The van der Waals surface area contributed by atoms with Gasteiger partial charge < -0.3 is 20.1 Å². The van der Waals surface area contributed by atoms with Crippen LogP contribution in [0.5, 0.6) is 5.75 Å². The number of alkyl halides is 3. The molecular weight excluding hydrogens is 421 g/mol. The average molecular weight is 449 g/mol. The predicted octanol–water partition coefficient (Wildman–Crippen LogP) is 4.61. The van der Waals surface area contributed by atoms with E-state index < -0.39 is 29.3 Å². The molecule has 1 aromatic rings. The molecule has 1 aromatic carbocycles. The van der Waals surface area contributed by atoms with E-state index in [0.29, 0.717) is 12.8 Å². The average Bonchev–Trinajstić information content (AvgIpc) is 3.04. The summed E-state index contributed by atoms with van der Waals surface area (Å²) in [7, 11) is 1.22. The van der Waals surface area contributed by atoms with E-state index in [4.69, 9.17) is 9.47 Å². The zero-order valence-electron chi connectivity index (χ0n) is 17.6. The number of methoxy groups -OCH3 is 1. The summed E-state index contributed by atoms with van der Waals surface area (Å²) in [5.74, 6) is -0.700. The molecule has 2 atom stereocenters. The van der Waals surface area contributed by atoms with Crippen molar-refractivity contribution in [2.24, 2.45) is 0 Å². The molecule has 1 fully saturated rings. The number of halogens is 3. The fourth-order valence-corrected chi connectivity index (χ4v) is 3.95. The summed E-state index contributed by atoms with van der Waals surface area (Å²) in [6.45, 7) is 5.25. The number of carbonyl (C=O) groups excluding carboxylic acids is 2. The standard InChI is InChI=1S/C20H27F3N2O4S/c1-19(2,3)29-18(27)25-13-8-6-7-12(13)24-17(26)16-14(28-4)9-11(20(21,22)23)10-15(16)30-5/h9-10,12-13H,6-8H2,1-5H3,(H,24,26)(H,25,27)/t12-,13-/m1/s1. The zero-order chi connectivity index (χ0) is 22.7. The van der Waals surface area contributed by atoms with Gasteiger partial charge >= 0.3 is 12.3 Å². The van der Waals surface area contributed by atoms with Gasteiger partial charge in [-0.05, 0) is 58.4 Å². The van der Waals surface area contributed by atoms with E-state index in [1.165, 1.54) is 7.11 Å². The Labute approximate surface area is 178 Å². The van der Waals surface area contributed by atoms with E-state index in [2.05, 4.69) is 10.6 Å². The Morgan fingerprint density at radius 3 is 2.20 bits per heavy atom. The Kier molecular flexibility index (Phi) is 7.54. The van der Waals surface area contributed by atoms with Gasteiger partial charge in [-0.3, -0.25) is 4.79 Å². The smallest absolute Gasteiger partial charge is 0.416 e. The zero-order valence-corrected chi connectivity index (χ0v) is 18.4. The summed E-state index contributed by atoms with van der Waals surface area (Å²) in [5.41, 5.74) is -1.49. The minimum Gasteiger partial charge on any atom is -0.496 e. The molecule has 1 aliphatic carbocycles. The van der Waals surface area contributed by atoms with Crippen molar-refractivity contribution in [2.45, 2.75) is 68.8 Å². The minimum atomic E-state index is -4.55. The molecule has 0 unspecified atom stereocenters. The van der Waals surface area contributed by atoms with Crippen molar-refractivity contribution in [3.8, 4) is 5.75 Å². The first kappa shape index (κ1) is 24.2. The van der Waals surface area contributed by atoms with Crippen LogP contribution in [-0.4, -0.2) is 43.1 Å². The number of ether oxygens (including phenoxy) is 2. The van der Waals surface area contributed by atoms with E-state index in [0.717, 1.165) is 30.3 Å². The summed E-state index contributed by atoms with van der Waals surface area (Å²) < 4.78 is 49.8. The van der Waals surface area contributed by atoms with E-state index in [9.17, 15) is 22.8 Å². The summed E-state index contributed by atoms with van der Waals surface area (Å²) >= 11 is 1.03. The van der Waals surface area contributed by atoms with E-state index >= 15 is 0 Å². The van der Waals surface area contributed by atoms with Gasteiger partial charge in [-0.2, -0.15) is 13.2 Å². The van der Waals surface area contributed by atoms with E-state index in [-0.39, 0.29) is 28.3 Å². The molecule has 1 aliphatic rings. The number of carbonyl (C=O) groups is 2. The van der Waals surface area contributed by atoms with E-state index in [1.54, 1.807) is 27.0 Å². The molecule has 6 nitrogen and oxygen atoms in total. The Bertz CT molecular complexity index is 768. The molecule has 2 rings (SSSR count). The number of thioether (sulfide) groups is 1. The van der Waals surface area contributed by atoms with Crippen molar-refractivity contribution in [2.75, 3.05) is 13.4 Å². The second-order valence-electron chi connectivity index (χ2n) is 8.02. The van der Waals surface area contributed by atoms with Gasteiger partial charge in [0, 0.05) is 10.9 Å². The SMILES string of the molecule is COc1cc(C(F)(F)F)cc(SC)c1C(=O)N[C@@H]1CCC[C@H]1NC(=O)OC(C)(C)C. The minimum absolute atomic E-state index is 0.0425. The van der Waals surface area contributed by atoms with Gasteiger partial charge in [0.05, 0.1) is 24.3 Å². The highest BCUT2D eigenvalue weighted by Crippen LogP contribution is 2.38. The molecule has 30 heavy (non-hydrogen) atoms. The second kappa shape index (κ2) is 9.36. The lowest BCUT2D eigenvalue weighted by Crippen LogP contribution is -2.49. The van der Waals surface area contributed by atoms with Crippen LogP contribution in [0.4, 0.5) is 18.0 Å². The fourth-order valence-electron chi connectivity index (χ4n) is 3.30. The lowest BCUT2D eigenvalue weighted by atomic mass is 10.1. The van der Waals surface area contributed by atoms with E-state index in [1.807, 2.05) is 0 Å².